The summed E-state index contributed by atoms with van der Waals surface area (Å²) in [5.74, 6) is -0.686. The number of benzene rings is 2. The number of esters is 2. The number of aryl methyl sites for hydroxylation is 1. The van der Waals surface area contributed by atoms with Gasteiger partial charge in [-0.3, -0.25) is 19.4 Å². The highest BCUT2D eigenvalue weighted by atomic mass is 32.2. The quantitative estimate of drug-likeness (QED) is 0.293. The molecule has 5 aliphatic heterocycles. The van der Waals surface area contributed by atoms with Crippen LogP contribution in [0, 0.1) is 25.2 Å². The van der Waals surface area contributed by atoms with Crippen molar-refractivity contribution in [2.45, 2.75) is 69.1 Å². The zero-order chi connectivity index (χ0) is 31.9. The maximum absolute atomic E-state index is 13.0. The van der Waals surface area contributed by atoms with E-state index in [1.54, 1.807) is 6.92 Å². The summed E-state index contributed by atoms with van der Waals surface area (Å²) in [4.78, 5) is 42.5. The van der Waals surface area contributed by atoms with E-state index >= 15 is 0 Å². The Morgan fingerprint density at radius 3 is 2.60 bits per heavy atom. The Kier molecular flexibility index (Phi) is 7.14. The van der Waals surface area contributed by atoms with Crippen LogP contribution in [0.2, 0.25) is 0 Å². The van der Waals surface area contributed by atoms with Gasteiger partial charge in [-0.1, -0.05) is 6.07 Å². The minimum absolute atomic E-state index is 0.0326. The molecule has 12 nitrogen and oxygen atoms in total. The maximum Gasteiger partial charge on any atom is 0.375 e. The van der Waals surface area contributed by atoms with Crippen molar-refractivity contribution in [1.82, 2.24) is 9.80 Å². The number of fused-ring (bicyclic) bond motifs is 9. The number of hydrogen-bond acceptors (Lipinski definition) is 13. The average Bonchev–Trinajstić information content (AvgIpc) is 3.48. The molecule has 0 radical (unpaired) electrons. The summed E-state index contributed by atoms with van der Waals surface area (Å²) in [6.45, 7) is 4.87. The Morgan fingerprint density at radius 1 is 1.13 bits per heavy atom. The summed E-state index contributed by atoms with van der Waals surface area (Å²) in [6, 6.07) is 2.19. The first-order valence-corrected chi connectivity index (χ1v) is 15.9. The van der Waals surface area contributed by atoms with Crippen LogP contribution in [0.3, 0.4) is 0 Å². The molecule has 0 spiro atoms. The molecule has 4 bridgehead atoms. The fourth-order valence-electron chi connectivity index (χ4n) is 8.13. The van der Waals surface area contributed by atoms with Crippen LogP contribution in [0.1, 0.15) is 64.1 Å². The van der Waals surface area contributed by atoms with Gasteiger partial charge in [-0.15, -0.1) is 11.8 Å². The summed E-state index contributed by atoms with van der Waals surface area (Å²) in [5, 5.41) is 22.0. The smallest absolute Gasteiger partial charge is 0.375 e. The Bertz CT molecular complexity index is 1700. The molecular weight excluding hydrogens is 602 g/mol. The zero-order valence-corrected chi connectivity index (χ0v) is 26.4. The number of likely N-dealkylation sites (N-methyl/N-ethyl adjacent to an activating group) is 1. The molecule has 45 heavy (non-hydrogen) atoms. The Labute approximate surface area is 264 Å². The largest absolute Gasteiger partial charge is 0.504 e. The Morgan fingerprint density at radius 2 is 1.89 bits per heavy atom. The van der Waals surface area contributed by atoms with Crippen molar-refractivity contribution in [3.05, 3.63) is 39.4 Å². The number of piperazine rings is 1. The number of hydrogen-bond donors (Lipinski definition) is 1. The van der Waals surface area contributed by atoms with Gasteiger partial charge in [0.1, 0.15) is 11.8 Å². The van der Waals surface area contributed by atoms with Crippen LogP contribution in [0.25, 0.3) is 0 Å². The number of nitriles is 1. The second-order valence-corrected chi connectivity index (χ2v) is 13.2. The molecular formula is C32H33N3O9S. The molecule has 0 aromatic heterocycles. The number of cyclic esters (lactones) is 1. The minimum atomic E-state index is -0.914. The standard InChI is InChI=1S/C32H33N3O9S/c1-13-8-16-9-18-19(10-33)35-17-6-7-41-32(39)20(37)11-45-31(25(35)24(34(18)4)21(16)26(38)27(13)40-5)23-22(17)30-29(42-12-43-30)14(2)28(23)44-15(3)36/h8,17-19,24-25,31,38H,6-7,9,11-12H2,1-5H3/t17-,18+,19-,24-,25-,31+/m0/s1. The van der Waals surface area contributed by atoms with Gasteiger partial charge < -0.3 is 28.8 Å². The number of methoxy groups -OCH3 is 1. The normalized spacial score (nSPS) is 28.6. The lowest BCUT2D eigenvalue weighted by molar-refractivity contribution is -0.153. The van der Waals surface area contributed by atoms with E-state index < -0.39 is 47.1 Å². The highest BCUT2D eigenvalue weighted by molar-refractivity contribution is 8.00. The van der Waals surface area contributed by atoms with Crippen molar-refractivity contribution in [1.29, 1.82) is 5.26 Å². The SMILES string of the molecule is COc1c(C)cc2c(c1O)[C@H]1[C@H]3[C@@H]4SCC(=O)C(=O)OCC[C@@H](c5c6c(c(C)c(OC(C)=O)c54)OCO6)N3[C@@H](C#N)[C@@H](C2)N1C. The molecule has 6 atom stereocenters. The Balaban J connectivity index is 1.57. The van der Waals surface area contributed by atoms with Gasteiger partial charge in [0, 0.05) is 53.7 Å². The molecule has 2 fully saturated rings. The fourth-order valence-corrected chi connectivity index (χ4v) is 9.47. The van der Waals surface area contributed by atoms with E-state index in [0.717, 1.165) is 11.1 Å². The van der Waals surface area contributed by atoms with Gasteiger partial charge in [-0.25, -0.2) is 4.79 Å². The molecule has 0 saturated carbocycles. The van der Waals surface area contributed by atoms with Crippen molar-refractivity contribution >= 4 is 29.5 Å². The van der Waals surface area contributed by atoms with E-state index in [9.17, 15) is 24.8 Å². The van der Waals surface area contributed by atoms with E-state index in [1.807, 2.05) is 20.0 Å². The van der Waals surface area contributed by atoms with E-state index in [1.165, 1.54) is 25.8 Å². The predicted molar refractivity (Wildman–Crippen MR) is 160 cm³/mol. The fraction of sp³-hybridized carbons (Fsp3) is 0.500. The van der Waals surface area contributed by atoms with Gasteiger partial charge in [0.25, 0.3) is 0 Å². The lowest BCUT2D eigenvalue weighted by atomic mass is 9.71. The summed E-state index contributed by atoms with van der Waals surface area (Å²) < 4.78 is 29.0. The van der Waals surface area contributed by atoms with Gasteiger partial charge in [-0.05, 0) is 38.4 Å². The highest BCUT2D eigenvalue weighted by Crippen LogP contribution is 2.64. The van der Waals surface area contributed by atoms with Crippen LogP contribution in [-0.4, -0.2) is 84.1 Å². The number of ether oxygens (including phenoxy) is 5. The number of thioether (sulfide) groups is 1. The topological polar surface area (TPSA) is 148 Å². The van der Waals surface area contributed by atoms with Gasteiger partial charge in [0.2, 0.25) is 12.6 Å². The first kappa shape index (κ1) is 29.7. The molecule has 236 valence electrons. The summed E-state index contributed by atoms with van der Waals surface area (Å²) in [6.07, 6.45) is 0.743. The van der Waals surface area contributed by atoms with Crippen LogP contribution in [0.5, 0.6) is 28.7 Å². The number of Topliss-reactive ketones (excluding diaryl/α,β-unsaturated/α-hetero) is 1. The van der Waals surface area contributed by atoms with Crippen molar-refractivity contribution in [2.75, 3.05) is 33.3 Å². The molecule has 13 heteroatoms. The summed E-state index contributed by atoms with van der Waals surface area (Å²) in [7, 11) is 3.47. The van der Waals surface area contributed by atoms with E-state index in [-0.39, 0.29) is 37.4 Å². The number of ketones is 1. The van der Waals surface area contributed by atoms with E-state index in [2.05, 4.69) is 15.9 Å². The lowest BCUT2D eigenvalue weighted by Crippen LogP contribution is -2.68. The van der Waals surface area contributed by atoms with E-state index in [0.29, 0.717) is 51.7 Å². The molecule has 5 aliphatic rings. The number of carbonyl (C=O) groups is 3. The molecule has 5 heterocycles. The van der Waals surface area contributed by atoms with Gasteiger partial charge in [-0.2, -0.15) is 5.26 Å². The second kappa shape index (κ2) is 10.8. The number of aromatic hydroxyl groups is 1. The zero-order valence-electron chi connectivity index (χ0n) is 25.5. The van der Waals surface area contributed by atoms with Crippen LogP contribution < -0.4 is 18.9 Å². The van der Waals surface area contributed by atoms with Crippen molar-refractivity contribution in [3.63, 3.8) is 0 Å². The van der Waals surface area contributed by atoms with Crippen LogP contribution in [0.15, 0.2) is 6.07 Å². The van der Waals surface area contributed by atoms with Gasteiger partial charge >= 0.3 is 11.9 Å². The number of rotatable bonds is 2. The summed E-state index contributed by atoms with van der Waals surface area (Å²) >= 11 is 1.23. The second-order valence-electron chi connectivity index (χ2n) is 12.1. The van der Waals surface area contributed by atoms with Gasteiger partial charge in [0.15, 0.2) is 23.0 Å². The first-order valence-electron chi connectivity index (χ1n) is 14.8. The number of phenolic OH excluding ortho intramolecular Hbond substituents is 1. The third kappa shape index (κ3) is 4.22. The van der Waals surface area contributed by atoms with Crippen molar-refractivity contribution in [2.24, 2.45) is 0 Å². The molecule has 2 aromatic rings. The highest BCUT2D eigenvalue weighted by Gasteiger charge is 2.60. The van der Waals surface area contributed by atoms with Crippen molar-refractivity contribution in [3.8, 4) is 34.8 Å². The molecule has 0 aliphatic carbocycles. The molecule has 0 amide bonds. The molecule has 7 rings (SSSR count). The summed E-state index contributed by atoms with van der Waals surface area (Å²) in [5.41, 5.74) is 4.32. The van der Waals surface area contributed by atoms with Crippen molar-refractivity contribution < 1.29 is 43.2 Å². The minimum Gasteiger partial charge on any atom is -0.504 e. The average molecular weight is 636 g/mol. The molecule has 2 aromatic carbocycles. The van der Waals surface area contributed by atoms with Crippen LogP contribution in [0.4, 0.5) is 0 Å². The third-order valence-corrected chi connectivity index (χ3v) is 11.1. The Hall–Kier alpha value is -3.99. The van der Waals surface area contributed by atoms with E-state index in [4.69, 9.17) is 23.7 Å². The molecule has 0 unspecified atom stereocenters. The van der Waals surface area contributed by atoms with Crippen LogP contribution >= 0.6 is 11.8 Å². The third-order valence-electron chi connectivity index (χ3n) is 9.79. The van der Waals surface area contributed by atoms with Crippen LogP contribution in [-0.2, 0) is 25.5 Å². The lowest BCUT2D eigenvalue weighted by Gasteiger charge is -2.61. The maximum atomic E-state index is 13.0. The first-order chi connectivity index (χ1) is 21.6. The number of carbonyl (C=O) groups excluding carboxylic acids is 3. The molecule has 1 N–H and O–H groups in total. The predicted octanol–water partition coefficient (Wildman–Crippen LogP) is 3.19. The molecule has 2 saturated heterocycles. The monoisotopic (exact) mass is 635 g/mol. The number of phenols is 1. The van der Waals surface area contributed by atoms with Gasteiger partial charge in [0.05, 0.1) is 36.8 Å². The number of nitrogens with zero attached hydrogens (tertiary/aromatic N) is 3.